The van der Waals surface area contributed by atoms with E-state index in [1.54, 1.807) is 32.9 Å². The third-order valence-electron chi connectivity index (χ3n) is 3.62. The molecule has 0 radical (unpaired) electrons. The third-order valence-corrected chi connectivity index (χ3v) is 3.62. The molecule has 6 heteroatoms. The van der Waals surface area contributed by atoms with Crippen molar-refractivity contribution in [2.45, 2.75) is 26.3 Å². The molecule has 0 fully saturated rings. The summed E-state index contributed by atoms with van der Waals surface area (Å²) in [5, 5.41) is 2.61. The molecule has 21 heavy (non-hydrogen) atoms. The summed E-state index contributed by atoms with van der Waals surface area (Å²) >= 11 is 0. The number of ether oxygens (including phenoxy) is 1. The summed E-state index contributed by atoms with van der Waals surface area (Å²) in [5.74, 6) is -2.01. The second-order valence-electron chi connectivity index (χ2n) is 5.21. The molecule has 6 nitrogen and oxygen atoms in total. The van der Waals surface area contributed by atoms with E-state index in [9.17, 15) is 14.4 Å². The molecule has 0 aliphatic rings. The average Bonchev–Trinajstić information content (AvgIpc) is 2.45. The molecule has 1 unspecified atom stereocenters. The smallest absolute Gasteiger partial charge is 0.338 e. The molecule has 0 aromatic heterocycles. The van der Waals surface area contributed by atoms with E-state index in [2.05, 4.69) is 10.1 Å². The van der Waals surface area contributed by atoms with Gasteiger partial charge in [-0.25, -0.2) is 4.79 Å². The van der Waals surface area contributed by atoms with E-state index in [0.29, 0.717) is 0 Å². The minimum absolute atomic E-state index is 0.132. The van der Waals surface area contributed by atoms with Gasteiger partial charge in [0.25, 0.3) is 5.91 Å². The minimum Gasteiger partial charge on any atom is -0.465 e. The SMILES string of the molecule is COC(=O)c1ccccc1C(=O)NC(C)(C(N)=O)C(C)C. The van der Waals surface area contributed by atoms with Gasteiger partial charge in [0, 0.05) is 0 Å². The Balaban J connectivity index is 3.16. The molecule has 0 saturated heterocycles. The highest BCUT2D eigenvalue weighted by Gasteiger charge is 2.37. The number of benzene rings is 1. The van der Waals surface area contributed by atoms with Crippen LogP contribution in [0.1, 0.15) is 41.5 Å². The van der Waals surface area contributed by atoms with Crippen molar-refractivity contribution < 1.29 is 19.1 Å². The zero-order valence-corrected chi connectivity index (χ0v) is 12.6. The molecule has 0 bridgehead atoms. The molecule has 0 saturated carbocycles. The maximum absolute atomic E-state index is 12.4. The van der Waals surface area contributed by atoms with E-state index >= 15 is 0 Å². The van der Waals surface area contributed by atoms with Crippen LogP contribution in [0.25, 0.3) is 0 Å². The quantitative estimate of drug-likeness (QED) is 0.794. The fourth-order valence-electron chi connectivity index (χ4n) is 1.76. The number of carbonyl (C=O) groups excluding carboxylic acids is 3. The highest BCUT2D eigenvalue weighted by Crippen LogP contribution is 2.18. The lowest BCUT2D eigenvalue weighted by molar-refractivity contribution is -0.125. The summed E-state index contributed by atoms with van der Waals surface area (Å²) < 4.78 is 4.64. The fourth-order valence-corrected chi connectivity index (χ4v) is 1.76. The van der Waals surface area contributed by atoms with Gasteiger partial charge in [-0.05, 0) is 25.0 Å². The molecule has 0 aliphatic carbocycles. The molecular weight excluding hydrogens is 272 g/mol. The van der Waals surface area contributed by atoms with Gasteiger partial charge in [-0.3, -0.25) is 9.59 Å². The van der Waals surface area contributed by atoms with E-state index in [4.69, 9.17) is 5.73 Å². The molecule has 1 aromatic carbocycles. The second kappa shape index (κ2) is 6.39. The Morgan fingerprint density at radius 3 is 2.14 bits per heavy atom. The number of nitrogens with two attached hydrogens (primary N) is 1. The number of hydrogen-bond acceptors (Lipinski definition) is 4. The van der Waals surface area contributed by atoms with Gasteiger partial charge in [0.15, 0.2) is 0 Å². The first kappa shape index (κ1) is 16.7. The Morgan fingerprint density at radius 2 is 1.71 bits per heavy atom. The lowest BCUT2D eigenvalue weighted by atomic mass is 9.87. The fraction of sp³-hybridized carbons (Fsp3) is 0.400. The third kappa shape index (κ3) is 3.39. The first-order chi connectivity index (χ1) is 9.74. The molecule has 0 aliphatic heterocycles. The lowest BCUT2D eigenvalue weighted by Crippen LogP contribution is -2.58. The van der Waals surface area contributed by atoms with Crippen molar-refractivity contribution in [2.75, 3.05) is 7.11 Å². The molecule has 2 amide bonds. The predicted octanol–water partition coefficient (Wildman–Crippen LogP) is 1.10. The Bertz CT molecular complexity index is 569. The zero-order valence-electron chi connectivity index (χ0n) is 12.6. The second-order valence-corrected chi connectivity index (χ2v) is 5.21. The summed E-state index contributed by atoms with van der Waals surface area (Å²) in [6.45, 7) is 5.10. The van der Waals surface area contributed by atoms with Crippen molar-refractivity contribution in [2.24, 2.45) is 11.7 Å². The summed E-state index contributed by atoms with van der Waals surface area (Å²) in [4.78, 5) is 35.7. The highest BCUT2D eigenvalue weighted by molar-refractivity contribution is 6.06. The van der Waals surface area contributed by atoms with Crippen LogP contribution in [-0.2, 0) is 9.53 Å². The summed E-state index contributed by atoms with van der Waals surface area (Å²) in [7, 11) is 1.23. The number of methoxy groups -OCH3 is 1. The number of carbonyl (C=O) groups is 3. The number of nitrogens with one attached hydrogen (secondary N) is 1. The Labute approximate surface area is 123 Å². The molecule has 3 N–H and O–H groups in total. The lowest BCUT2D eigenvalue weighted by Gasteiger charge is -2.31. The van der Waals surface area contributed by atoms with Gasteiger partial charge >= 0.3 is 5.97 Å². The van der Waals surface area contributed by atoms with Gasteiger partial charge in [-0.1, -0.05) is 26.0 Å². The van der Waals surface area contributed by atoms with Crippen molar-refractivity contribution in [1.29, 1.82) is 0 Å². The number of rotatable bonds is 5. The largest absolute Gasteiger partial charge is 0.465 e. The molecule has 1 rings (SSSR count). The van der Waals surface area contributed by atoms with Crippen LogP contribution >= 0.6 is 0 Å². The number of hydrogen-bond donors (Lipinski definition) is 2. The molecule has 0 spiro atoms. The van der Waals surface area contributed by atoms with Crippen LogP contribution in [0.15, 0.2) is 24.3 Å². The van der Waals surface area contributed by atoms with Crippen LogP contribution in [0.4, 0.5) is 0 Å². The van der Waals surface area contributed by atoms with E-state index < -0.39 is 23.3 Å². The van der Waals surface area contributed by atoms with Crippen molar-refractivity contribution in [3.63, 3.8) is 0 Å². The number of esters is 1. The van der Waals surface area contributed by atoms with Gasteiger partial charge < -0.3 is 15.8 Å². The van der Waals surface area contributed by atoms with Crippen LogP contribution < -0.4 is 11.1 Å². The van der Waals surface area contributed by atoms with Crippen LogP contribution in [0, 0.1) is 5.92 Å². The Hall–Kier alpha value is -2.37. The summed E-state index contributed by atoms with van der Waals surface area (Å²) in [6, 6.07) is 6.22. The topological polar surface area (TPSA) is 98.5 Å². The molecule has 114 valence electrons. The molecule has 0 heterocycles. The first-order valence-electron chi connectivity index (χ1n) is 6.53. The summed E-state index contributed by atoms with van der Waals surface area (Å²) in [5.41, 5.74) is 4.44. The van der Waals surface area contributed by atoms with Crippen molar-refractivity contribution in [3.8, 4) is 0 Å². The van der Waals surface area contributed by atoms with Crippen LogP contribution in [0.5, 0.6) is 0 Å². The van der Waals surface area contributed by atoms with E-state index in [1.165, 1.54) is 19.2 Å². The van der Waals surface area contributed by atoms with Crippen molar-refractivity contribution in [3.05, 3.63) is 35.4 Å². The van der Waals surface area contributed by atoms with Crippen LogP contribution in [-0.4, -0.2) is 30.4 Å². The van der Waals surface area contributed by atoms with Gasteiger partial charge in [0.2, 0.25) is 5.91 Å². The van der Waals surface area contributed by atoms with Crippen LogP contribution in [0.3, 0.4) is 0 Å². The monoisotopic (exact) mass is 292 g/mol. The van der Waals surface area contributed by atoms with Gasteiger partial charge in [-0.15, -0.1) is 0 Å². The van der Waals surface area contributed by atoms with Gasteiger partial charge in [0.1, 0.15) is 5.54 Å². The number of primary amides is 1. The molecular formula is C15H20N2O4. The van der Waals surface area contributed by atoms with Crippen molar-refractivity contribution in [1.82, 2.24) is 5.32 Å². The normalized spacial score (nSPS) is 13.4. The Kier molecular flexibility index (Phi) is 5.07. The van der Waals surface area contributed by atoms with Crippen molar-refractivity contribution >= 4 is 17.8 Å². The highest BCUT2D eigenvalue weighted by atomic mass is 16.5. The van der Waals surface area contributed by atoms with E-state index in [0.717, 1.165) is 0 Å². The Morgan fingerprint density at radius 1 is 1.19 bits per heavy atom. The summed E-state index contributed by atoms with van der Waals surface area (Å²) in [6.07, 6.45) is 0. The number of amides is 2. The average molecular weight is 292 g/mol. The predicted molar refractivity (Wildman–Crippen MR) is 77.7 cm³/mol. The van der Waals surface area contributed by atoms with E-state index in [1.807, 2.05) is 0 Å². The minimum atomic E-state index is -1.21. The standard InChI is InChI=1S/C15H20N2O4/c1-9(2)15(3,14(16)20)17-12(18)10-7-5-6-8-11(10)13(19)21-4/h5-9H,1-4H3,(H2,16,20)(H,17,18). The van der Waals surface area contributed by atoms with Gasteiger partial charge in [-0.2, -0.15) is 0 Å². The molecule has 1 aromatic rings. The van der Waals surface area contributed by atoms with Gasteiger partial charge in [0.05, 0.1) is 18.2 Å². The zero-order chi connectivity index (χ0) is 16.2. The first-order valence-corrected chi connectivity index (χ1v) is 6.53. The maximum Gasteiger partial charge on any atom is 0.338 e. The van der Waals surface area contributed by atoms with E-state index in [-0.39, 0.29) is 17.0 Å². The maximum atomic E-state index is 12.4. The van der Waals surface area contributed by atoms with Crippen LogP contribution in [0.2, 0.25) is 0 Å². The molecule has 1 atom stereocenters.